The maximum absolute atomic E-state index is 6.13. The lowest BCUT2D eigenvalue weighted by molar-refractivity contribution is 0.306. The minimum atomic E-state index is -0.400. The number of hydrogen-bond donors (Lipinski definition) is 0. The number of fused-ring (bicyclic) bond motifs is 1. The molecule has 3 rings (SSSR count). The molecular formula is C13H15Cl2N. The lowest BCUT2D eigenvalue weighted by Gasteiger charge is -2.19. The van der Waals surface area contributed by atoms with Gasteiger partial charge in [-0.2, -0.15) is 0 Å². The first-order chi connectivity index (χ1) is 7.68. The number of rotatable bonds is 3. The summed E-state index contributed by atoms with van der Waals surface area (Å²) in [5.41, 5.74) is 1.41. The van der Waals surface area contributed by atoms with Gasteiger partial charge in [-0.1, -0.05) is 30.3 Å². The van der Waals surface area contributed by atoms with E-state index < -0.39 is 4.33 Å². The average molecular weight is 256 g/mol. The zero-order valence-corrected chi connectivity index (χ0v) is 10.6. The second-order valence-electron chi connectivity index (χ2n) is 4.88. The van der Waals surface area contributed by atoms with Crippen LogP contribution < -0.4 is 0 Å². The minimum absolute atomic E-state index is 0.400. The van der Waals surface area contributed by atoms with Crippen molar-refractivity contribution in [2.24, 2.45) is 11.8 Å². The van der Waals surface area contributed by atoms with E-state index in [1.165, 1.54) is 5.56 Å². The first kappa shape index (κ1) is 10.9. The molecule has 0 radical (unpaired) electrons. The van der Waals surface area contributed by atoms with E-state index in [1.54, 1.807) is 0 Å². The molecule has 1 aliphatic heterocycles. The van der Waals surface area contributed by atoms with Crippen LogP contribution in [0.3, 0.4) is 0 Å². The SMILES string of the molecule is ClC1(Cl)C2CN(CCc3ccccc3)CC21. The summed E-state index contributed by atoms with van der Waals surface area (Å²) in [5, 5.41) is 0. The number of halogens is 2. The Hall–Kier alpha value is -0.240. The van der Waals surface area contributed by atoms with Crippen molar-refractivity contribution in [3.05, 3.63) is 35.9 Å². The summed E-state index contributed by atoms with van der Waals surface area (Å²) in [5.74, 6) is 1.04. The predicted molar refractivity (Wildman–Crippen MR) is 68.0 cm³/mol. The second-order valence-corrected chi connectivity index (χ2v) is 6.33. The van der Waals surface area contributed by atoms with Gasteiger partial charge in [0, 0.05) is 31.5 Å². The zero-order chi connectivity index (χ0) is 11.2. The standard InChI is InChI=1S/C13H15Cl2N/c14-13(15)11-8-16(9-12(11)13)7-6-10-4-2-1-3-5-10/h1-5,11-12H,6-9H2. The Morgan fingerprint density at radius 1 is 1.12 bits per heavy atom. The molecule has 86 valence electrons. The van der Waals surface area contributed by atoms with Crippen molar-refractivity contribution in [1.29, 1.82) is 0 Å². The number of likely N-dealkylation sites (tertiary alicyclic amines) is 1. The van der Waals surface area contributed by atoms with Crippen LogP contribution in [0.2, 0.25) is 0 Å². The fourth-order valence-electron chi connectivity index (χ4n) is 2.70. The van der Waals surface area contributed by atoms with Crippen molar-refractivity contribution in [1.82, 2.24) is 4.90 Å². The third-order valence-corrected chi connectivity index (χ3v) is 4.96. The molecule has 1 saturated carbocycles. The van der Waals surface area contributed by atoms with Crippen LogP contribution in [0, 0.1) is 11.8 Å². The third-order valence-electron chi connectivity index (χ3n) is 3.83. The van der Waals surface area contributed by atoms with E-state index in [0.717, 1.165) is 26.1 Å². The Morgan fingerprint density at radius 2 is 1.75 bits per heavy atom. The summed E-state index contributed by atoms with van der Waals surface area (Å²) in [6.07, 6.45) is 1.12. The number of hydrogen-bond acceptors (Lipinski definition) is 1. The van der Waals surface area contributed by atoms with Crippen molar-refractivity contribution >= 4 is 23.2 Å². The van der Waals surface area contributed by atoms with Crippen LogP contribution in [0.1, 0.15) is 5.56 Å². The van der Waals surface area contributed by atoms with Crippen LogP contribution in [0.15, 0.2) is 30.3 Å². The highest BCUT2D eigenvalue weighted by molar-refractivity contribution is 6.51. The van der Waals surface area contributed by atoms with E-state index in [0.29, 0.717) is 11.8 Å². The third kappa shape index (κ3) is 1.85. The summed E-state index contributed by atoms with van der Waals surface area (Å²) in [7, 11) is 0. The Bertz CT molecular complexity index is 363. The molecule has 1 nitrogen and oxygen atoms in total. The van der Waals surface area contributed by atoms with Gasteiger partial charge >= 0.3 is 0 Å². The quantitative estimate of drug-likeness (QED) is 0.751. The van der Waals surface area contributed by atoms with Crippen LogP contribution in [0.5, 0.6) is 0 Å². The van der Waals surface area contributed by atoms with Gasteiger partial charge < -0.3 is 4.90 Å². The highest BCUT2D eigenvalue weighted by Crippen LogP contribution is 2.62. The van der Waals surface area contributed by atoms with Crippen molar-refractivity contribution in [3.63, 3.8) is 0 Å². The molecule has 2 aliphatic rings. The highest BCUT2D eigenvalue weighted by atomic mass is 35.5. The van der Waals surface area contributed by atoms with Crippen molar-refractivity contribution < 1.29 is 0 Å². The van der Waals surface area contributed by atoms with Gasteiger partial charge in [-0.3, -0.25) is 0 Å². The zero-order valence-electron chi connectivity index (χ0n) is 9.07. The molecule has 3 heteroatoms. The molecule has 0 spiro atoms. The molecule has 1 aromatic carbocycles. The summed E-state index contributed by atoms with van der Waals surface area (Å²) in [6, 6.07) is 10.6. The molecule has 1 saturated heterocycles. The van der Waals surface area contributed by atoms with Gasteiger partial charge in [0.1, 0.15) is 4.33 Å². The topological polar surface area (TPSA) is 3.24 Å². The van der Waals surface area contributed by atoms with E-state index in [9.17, 15) is 0 Å². The normalized spacial score (nSPS) is 31.4. The van der Waals surface area contributed by atoms with Gasteiger partial charge in [0.15, 0.2) is 0 Å². The molecule has 1 heterocycles. The molecule has 0 amide bonds. The highest BCUT2D eigenvalue weighted by Gasteiger charge is 2.66. The van der Waals surface area contributed by atoms with Crippen molar-refractivity contribution in [2.75, 3.05) is 19.6 Å². The van der Waals surface area contributed by atoms with Crippen LogP contribution in [0.4, 0.5) is 0 Å². The Kier molecular flexibility index (Phi) is 2.66. The number of piperidine rings is 1. The Morgan fingerprint density at radius 3 is 2.38 bits per heavy atom. The maximum Gasteiger partial charge on any atom is 0.127 e. The Balaban J connectivity index is 1.49. The van der Waals surface area contributed by atoms with E-state index in [-0.39, 0.29) is 0 Å². The molecule has 2 atom stereocenters. The first-order valence-corrected chi connectivity index (χ1v) is 6.57. The van der Waals surface area contributed by atoms with Gasteiger partial charge in [-0.15, -0.1) is 23.2 Å². The molecular weight excluding hydrogens is 241 g/mol. The van der Waals surface area contributed by atoms with Gasteiger partial charge in [0.25, 0.3) is 0 Å². The fraction of sp³-hybridized carbons (Fsp3) is 0.538. The number of alkyl halides is 2. The molecule has 2 fully saturated rings. The van der Waals surface area contributed by atoms with Crippen LogP contribution in [0.25, 0.3) is 0 Å². The lowest BCUT2D eigenvalue weighted by Crippen LogP contribution is -2.28. The smallest absolute Gasteiger partial charge is 0.127 e. The largest absolute Gasteiger partial charge is 0.302 e. The van der Waals surface area contributed by atoms with Gasteiger partial charge in [0.05, 0.1) is 0 Å². The molecule has 2 unspecified atom stereocenters. The van der Waals surface area contributed by atoms with E-state index in [4.69, 9.17) is 23.2 Å². The van der Waals surface area contributed by atoms with Crippen LogP contribution in [-0.4, -0.2) is 28.9 Å². The van der Waals surface area contributed by atoms with Gasteiger partial charge in [-0.05, 0) is 12.0 Å². The van der Waals surface area contributed by atoms with Crippen LogP contribution >= 0.6 is 23.2 Å². The fourth-order valence-corrected chi connectivity index (χ4v) is 3.46. The average Bonchev–Trinajstić information content (AvgIpc) is 2.70. The van der Waals surface area contributed by atoms with Crippen LogP contribution in [-0.2, 0) is 6.42 Å². The molecule has 0 aromatic heterocycles. The van der Waals surface area contributed by atoms with E-state index >= 15 is 0 Å². The summed E-state index contributed by atoms with van der Waals surface area (Å²) >= 11 is 12.3. The summed E-state index contributed by atoms with van der Waals surface area (Å²) < 4.78 is -0.400. The number of nitrogens with zero attached hydrogens (tertiary/aromatic N) is 1. The first-order valence-electron chi connectivity index (χ1n) is 5.82. The van der Waals surface area contributed by atoms with Crippen molar-refractivity contribution in [3.8, 4) is 0 Å². The van der Waals surface area contributed by atoms with E-state index in [2.05, 4.69) is 35.2 Å². The molecule has 0 bridgehead atoms. The predicted octanol–water partition coefficient (Wildman–Crippen LogP) is 2.96. The monoisotopic (exact) mass is 255 g/mol. The maximum atomic E-state index is 6.13. The van der Waals surface area contributed by atoms with Gasteiger partial charge in [-0.25, -0.2) is 0 Å². The summed E-state index contributed by atoms with van der Waals surface area (Å²) in [4.78, 5) is 2.48. The summed E-state index contributed by atoms with van der Waals surface area (Å²) in [6.45, 7) is 3.27. The molecule has 1 aliphatic carbocycles. The molecule has 0 N–H and O–H groups in total. The van der Waals surface area contributed by atoms with Gasteiger partial charge in [0.2, 0.25) is 0 Å². The lowest BCUT2D eigenvalue weighted by atomic mass is 10.1. The Labute approximate surface area is 106 Å². The second kappa shape index (κ2) is 3.90. The number of benzene rings is 1. The van der Waals surface area contributed by atoms with Crippen molar-refractivity contribution in [2.45, 2.75) is 10.8 Å². The van der Waals surface area contributed by atoms with E-state index in [1.807, 2.05) is 0 Å². The molecule has 1 aromatic rings. The minimum Gasteiger partial charge on any atom is -0.302 e. The molecule has 16 heavy (non-hydrogen) atoms.